The van der Waals surface area contributed by atoms with Crippen LogP contribution in [0.15, 0.2) is 59.7 Å². The minimum atomic E-state index is -0.509. The number of pyridine rings is 2. The van der Waals surface area contributed by atoms with Crippen molar-refractivity contribution in [1.29, 1.82) is 0 Å². The molecule has 174 valence electrons. The van der Waals surface area contributed by atoms with Gasteiger partial charge in [0.15, 0.2) is 0 Å². The first-order valence-corrected chi connectivity index (χ1v) is 12.2. The van der Waals surface area contributed by atoms with Crippen molar-refractivity contribution >= 4 is 27.5 Å². The van der Waals surface area contributed by atoms with Crippen LogP contribution in [0.3, 0.4) is 0 Å². The molecule has 0 spiro atoms. The van der Waals surface area contributed by atoms with Crippen molar-refractivity contribution in [2.75, 3.05) is 6.54 Å². The van der Waals surface area contributed by atoms with E-state index in [0.29, 0.717) is 13.1 Å². The third kappa shape index (κ3) is 4.35. The molecule has 0 saturated heterocycles. The molecule has 7 heteroatoms. The molecule has 0 saturated carbocycles. The fraction of sp³-hybridized carbons (Fsp3) is 0.296. The van der Waals surface area contributed by atoms with Gasteiger partial charge in [-0.3, -0.25) is 14.3 Å². The number of amides is 1. The van der Waals surface area contributed by atoms with Gasteiger partial charge in [0.2, 0.25) is 0 Å². The van der Waals surface area contributed by atoms with E-state index in [1.54, 1.807) is 39.3 Å². The first kappa shape index (κ1) is 22.3. The van der Waals surface area contributed by atoms with Crippen LogP contribution in [-0.2, 0) is 17.7 Å². The molecule has 3 aromatic heterocycles. The average molecular weight is 474 g/mol. The first-order valence-electron chi connectivity index (χ1n) is 11.4. The summed E-state index contributed by atoms with van der Waals surface area (Å²) in [7, 11) is 0. The van der Waals surface area contributed by atoms with Crippen molar-refractivity contribution in [3.05, 3.63) is 81.2 Å². The van der Waals surface area contributed by atoms with Gasteiger partial charge in [0.25, 0.3) is 5.56 Å². The molecule has 0 bridgehead atoms. The zero-order chi connectivity index (χ0) is 24.0. The largest absolute Gasteiger partial charge is 0.444 e. The van der Waals surface area contributed by atoms with E-state index in [1.165, 1.54) is 15.8 Å². The maximum atomic E-state index is 12.9. The zero-order valence-corrected chi connectivity index (χ0v) is 20.6. The predicted octanol–water partition coefficient (Wildman–Crippen LogP) is 5.72. The Bertz CT molecular complexity index is 1440. The molecule has 1 aromatic carbocycles. The van der Waals surface area contributed by atoms with E-state index >= 15 is 0 Å². The number of aromatic nitrogens is 2. The molecule has 5 rings (SSSR count). The molecule has 34 heavy (non-hydrogen) atoms. The van der Waals surface area contributed by atoms with Crippen LogP contribution >= 0.6 is 11.3 Å². The van der Waals surface area contributed by atoms with E-state index in [0.717, 1.165) is 33.6 Å². The summed E-state index contributed by atoms with van der Waals surface area (Å²) in [5.74, 6) is 0. The Morgan fingerprint density at radius 2 is 1.94 bits per heavy atom. The van der Waals surface area contributed by atoms with Gasteiger partial charge >= 0.3 is 6.09 Å². The fourth-order valence-corrected chi connectivity index (χ4v) is 5.51. The number of hydrogen-bond acceptors (Lipinski definition) is 5. The van der Waals surface area contributed by atoms with Crippen molar-refractivity contribution < 1.29 is 9.53 Å². The average Bonchev–Trinajstić information content (AvgIpc) is 3.15. The number of fused-ring (bicyclic) bond motifs is 3. The summed E-state index contributed by atoms with van der Waals surface area (Å²) >= 11 is 1.68. The Hall–Kier alpha value is -3.45. The van der Waals surface area contributed by atoms with Gasteiger partial charge in [0, 0.05) is 40.1 Å². The highest BCUT2D eigenvalue weighted by Crippen LogP contribution is 2.36. The lowest BCUT2D eigenvalue weighted by atomic mass is 10.0. The van der Waals surface area contributed by atoms with E-state index in [1.807, 2.05) is 52.0 Å². The third-order valence-electron chi connectivity index (χ3n) is 5.88. The lowest BCUT2D eigenvalue weighted by Crippen LogP contribution is -2.39. The van der Waals surface area contributed by atoms with E-state index in [2.05, 4.69) is 17.1 Å². The van der Waals surface area contributed by atoms with Gasteiger partial charge < -0.3 is 9.64 Å². The van der Waals surface area contributed by atoms with E-state index in [9.17, 15) is 9.59 Å². The molecule has 0 aliphatic carbocycles. The smallest absolute Gasteiger partial charge is 0.410 e. The molecule has 6 nitrogen and oxygen atoms in total. The fourth-order valence-electron chi connectivity index (χ4n) is 4.21. The topological polar surface area (TPSA) is 64.4 Å². The van der Waals surface area contributed by atoms with Crippen molar-refractivity contribution in [1.82, 2.24) is 14.5 Å². The van der Waals surface area contributed by atoms with Crippen LogP contribution in [0.1, 0.15) is 36.8 Å². The van der Waals surface area contributed by atoms with Crippen LogP contribution in [0.25, 0.3) is 27.0 Å². The molecule has 0 N–H and O–H groups in total. The molecule has 0 fully saturated rings. The second-order valence-corrected chi connectivity index (χ2v) is 10.8. The van der Waals surface area contributed by atoms with Gasteiger partial charge in [-0.25, -0.2) is 4.79 Å². The lowest BCUT2D eigenvalue weighted by Gasteiger charge is -2.30. The quantitative estimate of drug-likeness (QED) is 0.374. The number of benzene rings is 1. The van der Waals surface area contributed by atoms with Crippen LogP contribution in [0.4, 0.5) is 4.79 Å². The molecule has 0 unspecified atom stereocenters. The van der Waals surface area contributed by atoms with Crippen molar-refractivity contribution in [3.8, 4) is 16.9 Å². The molecular formula is C27H27N3O3S. The predicted molar refractivity (Wildman–Crippen MR) is 136 cm³/mol. The van der Waals surface area contributed by atoms with Crippen molar-refractivity contribution in [2.45, 2.75) is 46.3 Å². The highest BCUT2D eigenvalue weighted by molar-refractivity contribution is 7.19. The van der Waals surface area contributed by atoms with Crippen molar-refractivity contribution in [3.63, 3.8) is 0 Å². The number of thiophene rings is 1. The summed E-state index contributed by atoms with van der Waals surface area (Å²) in [6, 6.07) is 13.6. The SMILES string of the molecule is Cc1ccc(-c2ccn(-c3ccc4c5c(sc4c3)CN(C(=O)OC(C)(C)C)CC5)c(=O)c2)nc1. The third-order valence-corrected chi connectivity index (χ3v) is 7.06. The summed E-state index contributed by atoms with van der Waals surface area (Å²) in [6.45, 7) is 8.83. The molecule has 1 aliphatic heterocycles. The van der Waals surface area contributed by atoms with E-state index < -0.39 is 5.60 Å². The summed E-state index contributed by atoms with van der Waals surface area (Å²) < 4.78 is 8.32. The number of hydrogen-bond donors (Lipinski definition) is 0. The number of carbonyl (C=O) groups is 1. The molecule has 1 amide bonds. The minimum absolute atomic E-state index is 0.100. The Kier molecular flexibility index (Phi) is 5.52. The summed E-state index contributed by atoms with van der Waals surface area (Å²) in [6.07, 6.45) is 4.13. The monoisotopic (exact) mass is 473 g/mol. The van der Waals surface area contributed by atoms with E-state index in [-0.39, 0.29) is 11.7 Å². The molecule has 4 heterocycles. The number of ether oxygens (including phenoxy) is 1. The lowest BCUT2D eigenvalue weighted by molar-refractivity contribution is 0.0227. The normalized spacial score (nSPS) is 13.7. The maximum Gasteiger partial charge on any atom is 0.410 e. The number of carbonyl (C=O) groups excluding carboxylic acids is 1. The van der Waals surface area contributed by atoms with Gasteiger partial charge in [0.1, 0.15) is 5.60 Å². The number of rotatable bonds is 2. The molecule has 1 aliphatic rings. The van der Waals surface area contributed by atoms with Gasteiger partial charge in [-0.15, -0.1) is 11.3 Å². The van der Waals surface area contributed by atoms with E-state index in [4.69, 9.17) is 4.74 Å². The number of nitrogens with zero attached hydrogens (tertiary/aromatic N) is 3. The second-order valence-electron chi connectivity index (χ2n) is 9.68. The highest BCUT2D eigenvalue weighted by atomic mass is 32.1. The van der Waals surface area contributed by atoms with Crippen LogP contribution in [0, 0.1) is 6.92 Å². The first-order chi connectivity index (χ1) is 16.2. The Morgan fingerprint density at radius 1 is 1.12 bits per heavy atom. The Balaban J connectivity index is 1.43. The zero-order valence-electron chi connectivity index (χ0n) is 19.8. The molecule has 0 atom stereocenters. The summed E-state index contributed by atoms with van der Waals surface area (Å²) in [4.78, 5) is 32.8. The van der Waals surface area contributed by atoms with Crippen molar-refractivity contribution in [2.24, 2.45) is 0 Å². The standard InChI is InChI=1S/C27H27N3O3S/c1-17-5-8-22(28-15-17)18-9-12-30(25(31)13-18)19-6-7-20-21-10-11-29(26(32)33-27(2,3)4)16-24(21)34-23(20)14-19/h5-9,12-15H,10-11,16H2,1-4H3. The Labute approximate surface area is 202 Å². The summed E-state index contributed by atoms with van der Waals surface area (Å²) in [5, 5.41) is 1.20. The van der Waals surface area contributed by atoms with Gasteiger partial charge in [0.05, 0.1) is 17.9 Å². The molecular weight excluding hydrogens is 446 g/mol. The van der Waals surface area contributed by atoms with Crippen LogP contribution in [0.2, 0.25) is 0 Å². The van der Waals surface area contributed by atoms with Crippen LogP contribution in [-0.4, -0.2) is 32.7 Å². The molecule has 0 radical (unpaired) electrons. The van der Waals surface area contributed by atoms with Crippen LogP contribution < -0.4 is 5.56 Å². The summed E-state index contributed by atoms with van der Waals surface area (Å²) in [5.41, 5.74) is 4.17. The Morgan fingerprint density at radius 3 is 2.65 bits per heavy atom. The van der Waals surface area contributed by atoms with Gasteiger partial charge in [-0.1, -0.05) is 12.1 Å². The highest BCUT2D eigenvalue weighted by Gasteiger charge is 2.28. The number of aryl methyl sites for hydroxylation is 1. The van der Waals surface area contributed by atoms with Gasteiger partial charge in [-0.05, 0) is 74.9 Å². The van der Waals surface area contributed by atoms with Crippen LogP contribution in [0.5, 0.6) is 0 Å². The molecule has 4 aromatic rings. The minimum Gasteiger partial charge on any atom is -0.444 e. The maximum absolute atomic E-state index is 12.9. The second kappa shape index (κ2) is 8.40. The van der Waals surface area contributed by atoms with Gasteiger partial charge in [-0.2, -0.15) is 0 Å².